The number of hydrogen-bond donors (Lipinski definition) is 3. The zero-order chi connectivity index (χ0) is 23.9. The van der Waals surface area contributed by atoms with Crippen molar-refractivity contribution >= 4 is 11.7 Å². The van der Waals surface area contributed by atoms with Crippen LogP contribution in [0.15, 0.2) is 24.3 Å². The van der Waals surface area contributed by atoms with E-state index in [0.717, 1.165) is 44.6 Å². The van der Waals surface area contributed by atoms with Crippen LogP contribution >= 0.6 is 0 Å². The lowest BCUT2D eigenvalue weighted by atomic mass is 9.81. The summed E-state index contributed by atoms with van der Waals surface area (Å²) >= 11 is 0. The molecule has 32 heavy (non-hydrogen) atoms. The number of carboxylic acid groups (broad SMARTS) is 1. The van der Waals surface area contributed by atoms with E-state index in [9.17, 15) is 18.0 Å². The van der Waals surface area contributed by atoms with Gasteiger partial charge in [-0.25, -0.2) is 0 Å². The minimum absolute atomic E-state index is 0.190. The second-order valence-electron chi connectivity index (χ2n) is 8.59. The maximum atomic E-state index is 12.0. The molecule has 1 aromatic rings. The largest absolute Gasteiger partial charge is 0.573 e. The zero-order valence-corrected chi connectivity index (χ0v) is 19.4. The summed E-state index contributed by atoms with van der Waals surface area (Å²) in [7, 11) is 0. The van der Waals surface area contributed by atoms with E-state index in [4.69, 9.17) is 5.11 Å². The molecule has 8 heteroatoms. The smallest absolute Gasteiger partial charge is 0.481 e. The number of ether oxygens (including phenoxy) is 1. The van der Waals surface area contributed by atoms with Crippen LogP contribution < -0.4 is 15.4 Å². The van der Waals surface area contributed by atoms with Crippen LogP contribution in [0.4, 0.5) is 18.9 Å². The van der Waals surface area contributed by atoms with Crippen molar-refractivity contribution in [3.05, 3.63) is 24.3 Å². The first kappa shape index (κ1) is 28.1. The normalized spacial score (nSPS) is 15.4. The lowest BCUT2D eigenvalue weighted by Crippen LogP contribution is -2.39. The van der Waals surface area contributed by atoms with Gasteiger partial charge >= 0.3 is 12.3 Å². The van der Waals surface area contributed by atoms with Crippen LogP contribution in [0.5, 0.6) is 5.75 Å². The number of nitrogens with one attached hydrogen (secondary N) is 2. The topological polar surface area (TPSA) is 70.6 Å². The molecular formula is C24H39F3N2O3. The SMILES string of the molecule is CC1(C(=O)O)CCNCC1.CCCCCCCCCCNc1ccc(OC(F)(F)F)cc1. The van der Waals surface area contributed by atoms with Gasteiger partial charge in [-0.05, 0) is 63.5 Å². The predicted octanol–water partition coefficient (Wildman–Crippen LogP) is 6.60. The first-order valence-electron chi connectivity index (χ1n) is 11.7. The number of halogens is 3. The van der Waals surface area contributed by atoms with Gasteiger partial charge in [0, 0.05) is 12.2 Å². The molecule has 1 aliphatic heterocycles. The molecule has 1 saturated heterocycles. The van der Waals surface area contributed by atoms with Crippen molar-refractivity contribution in [2.75, 3.05) is 25.0 Å². The summed E-state index contributed by atoms with van der Waals surface area (Å²) in [6.07, 6.45) is 6.95. The fraction of sp³-hybridized carbons (Fsp3) is 0.708. The monoisotopic (exact) mass is 460 g/mol. The van der Waals surface area contributed by atoms with Crippen LogP contribution in [0.1, 0.15) is 78.1 Å². The lowest BCUT2D eigenvalue weighted by Gasteiger charge is -2.29. The number of aliphatic carboxylic acids is 1. The molecule has 0 amide bonds. The Hall–Kier alpha value is -1.96. The van der Waals surface area contributed by atoms with E-state index >= 15 is 0 Å². The Balaban J connectivity index is 0.000000425. The van der Waals surface area contributed by atoms with E-state index in [1.54, 1.807) is 12.1 Å². The number of alkyl halides is 3. The van der Waals surface area contributed by atoms with Crippen LogP contribution in [-0.4, -0.2) is 37.1 Å². The van der Waals surface area contributed by atoms with E-state index in [1.165, 1.54) is 57.1 Å². The maximum Gasteiger partial charge on any atom is 0.573 e. The number of unbranched alkanes of at least 4 members (excludes halogenated alkanes) is 7. The van der Waals surface area contributed by atoms with Crippen molar-refractivity contribution in [1.82, 2.24) is 5.32 Å². The van der Waals surface area contributed by atoms with Gasteiger partial charge in [0.1, 0.15) is 5.75 Å². The Bertz CT molecular complexity index is 630. The van der Waals surface area contributed by atoms with E-state index in [1.807, 2.05) is 6.92 Å². The van der Waals surface area contributed by atoms with E-state index in [0.29, 0.717) is 0 Å². The van der Waals surface area contributed by atoms with Gasteiger partial charge in [0.2, 0.25) is 0 Å². The highest BCUT2D eigenvalue weighted by Crippen LogP contribution is 2.27. The Morgan fingerprint density at radius 1 is 1.03 bits per heavy atom. The molecule has 1 heterocycles. The van der Waals surface area contributed by atoms with Crippen LogP contribution in [0.3, 0.4) is 0 Å². The summed E-state index contributed by atoms with van der Waals surface area (Å²) in [4.78, 5) is 10.6. The number of piperidine rings is 1. The summed E-state index contributed by atoms with van der Waals surface area (Å²) in [5.74, 6) is -0.848. The van der Waals surface area contributed by atoms with Crippen LogP contribution in [0.25, 0.3) is 0 Å². The third kappa shape index (κ3) is 12.8. The standard InChI is InChI=1S/C17H26F3NO.C7H13NO2/c1-2-3-4-5-6-7-8-9-14-21-15-10-12-16(13-11-15)22-17(18,19)20;1-7(6(9)10)2-4-8-5-3-7/h10-13,21H,2-9,14H2,1H3;8H,2-5H2,1H3,(H,9,10). The van der Waals surface area contributed by atoms with Gasteiger partial charge < -0.3 is 20.5 Å². The predicted molar refractivity (Wildman–Crippen MR) is 122 cm³/mol. The molecule has 0 aromatic heterocycles. The van der Waals surface area contributed by atoms with Gasteiger partial charge in [-0.1, -0.05) is 51.9 Å². The second-order valence-corrected chi connectivity index (χ2v) is 8.59. The average Bonchev–Trinajstić information content (AvgIpc) is 2.73. The summed E-state index contributed by atoms with van der Waals surface area (Å²) in [5, 5.41) is 15.1. The Kier molecular flexibility index (Phi) is 13.1. The zero-order valence-electron chi connectivity index (χ0n) is 19.4. The number of anilines is 1. The molecule has 2 rings (SSSR count). The minimum atomic E-state index is -4.63. The first-order chi connectivity index (χ1) is 15.2. The maximum absolute atomic E-state index is 12.0. The van der Waals surface area contributed by atoms with Crippen molar-refractivity contribution in [3.63, 3.8) is 0 Å². The van der Waals surface area contributed by atoms with Gasteiger partial charge in [0.15, 0.2) is 0 Å². The molecule has 1 aliphatic rings. The summed E-state index contributed by atoms with van der Waals surface area (Å²) < 4.78 is 39.9. The average molecular weight is 461 g/mol. The van der Waals surface area contributed by atoms with Crippen LogP contribution in [0, 0.1) is 5.41 Å². The van der Waals surface area contributed by atoms with E-state index in [-0.39, 0.29) is 5.75 Å². The molecule has 5 nitrogen and oxygen atoms in total. The molecule has 0 saturated carbocycles. The van der Waals surface area contributed by atoms with Gasteiger partial charge in [0.05, 0.1) is 5.41 Å². The highest BCUT2D eigenvalue weighted by molar-refractivity contribution is 5.74. The van der Waals surface area contributed by atoms with Crippen molar-refractivity contribution < 1.29 is 27.8 Å². The van der Waals surface area contributed by atoms with Gasteiger partial charge in [-0.3, -0.25) is 4.79 Å². The number of carboxylic acids is 1. The Labute approximate surface area is 190 Å². The van der Waals surface area contributed by atoms with Crippen molar-refractivity contribution in [2.45, 2.75) is 84.4 Å². The van der Waals surface area contributed by atoms with E-state index in [2.05, 4.69) is 22.3 Å². The molecule has 0 spiro atoms. The number of hydrogen-bond acceptors (Lipinski definition) is 4. The van der Waals surface area contributed by atoms with Gasteiger partial charge in [0.25, 0.3) is 0 Å². The van der Waals surface area contributed by atoms with Crippen molar-refractivity contribution in [3.8, 4) is 5.75 Å². The third-order valence-electron chi connectivity index (χ3n) is 5.67. The molecule has 0 bridgehead atoms. The van der Waals surface area contributed by atoms with Crippen LogP contribution in [0.2, 0.25) is 0 Å². The van der Waals surface area contributed by atoms with Gasteiger partial charge in [-0.2, -0.15) is 0 Å². The fourth-order valence-electron chi connectivity index (χ4n) is 3.46. The minimum Gasteiger partial charge on any atom is -0.481 e. The summed E-state index contributed by atoms with van der Waals surface area (Å²) in [6, 6.07) is 5.85. The van der Waals surface area contributed by atoms with Crippen molar-refractivity contribution in [1.29, 1.82) is 0 Å². The van der Waals surface area contributed by atoms with Crippen molar-refractivity contribution in [2.24, 2.45) is 5.41 Å². The number of carbonyl (C=O) groups is 1. The molecule has 3 N–H and O–H groups in total. The van der Waals surface area contributed by atoms with Crippen LogP contribution in [-0.2, 0) is 4.79 Å². The third-order valence-corrected chi connectivity index (χ3v) is 5.67. The fourth-order valence-corrected chi connectivity index (χ4v) is 3.46. The quantitative estimate of drug-likeness (QED) is 0.307. The summed E-state index contributed by atoms with van der Waals surface area (Å²) in [5.41, 5.74) is 0.350. The number of benzene rings is 1. The molecule has 184 valence electrons. The molecule has 1 fully saturated rings. The Morgan fingerprint density at radius 2 is 1.56 bits per heavy atom. The molecule has 0 radical (unpaired) electrons. The van der Waals surface area contributed by atoms with E-state index < -0.39 is 17.7 Å². The molecule has 0 unspecified atom stereocenters. The molecular weight excluding hydrogens is 421 g/mol. The highest BCUT2D eigenvalue weighted by atomic mass is 19.4. The molecule has 1 aromatic carbocycles. The molecule has 0 aliphatic carbocycles. The molecule has 0 atom stereocenters. The first-order valence-corrected chi connectivity index (χ1v) is 11.7. The summed E-state index contributed by atoms with van der Waals surface area (Å²) in [6.45, 7) is 6.55. The lowest BCUT2D eigenvalue weighted by molar-refractivity contribution is -0.274. The highest BCUT2D eigenvalue weighted by Gasteiger charge is 2.34. The Morgan fingerprint density at radius 3 is 2.03 bits per heavy atom. The second kappa shape index (κ2) is 15.0. The van der Waals surface area contributed by atoms with Gasteiger partial charge in [-0.15, -0.1) is 13.2 Å². The number of rotatable bonds is 12.